The molecule has 1 aliphatic carbocycles. The molecule has 3 rings (SSSR count). The first-order valence-corrected chi connectivity index (χ1v) is 19.6. The molecule has 1 aliphatic rings. The van der Waals surface area contributed by atoms with Gasteiger partial charge in [-0.3, -0.25) is 14.4 Å². The summed E-state index contributed by atoms with van der Waals surface area (Å²) in [5, 5.41) is 21.1. The lowest BCUT2D eigenvalue weighted by atomic mass is 9.81. The van der Waals surface area contributed by atoms with E-state index in [1.54, 1.807) is 24.3 Å². The Labute approximate surface area is 299 Å². The Hall–Kier alpha value is -2.85. The number of carbonyl (C=O) groups is 3. The molecule has 49 heavy (non-hydrogen) atoms. The molecule has 5 atom stereocenters. The summed E-state index contributed by atoms with van der Waals surface area (Å²) in [6, 6.07) is 8.57. The minimum Gasteiger partial charge on any atom is -0.391 e. The molecule has 274 valence electrons. The van der Waals surface area contributed by atoms with Gasteiger partial charge in [-0.05, 0) is 43.1 Å². The van der Waals surface area contributed by atoms with Gasteiger partial charge in [0.1, 0.15) is 6.04 Å². The van der Waals surface area contributed by atoms with Crippen LogP contribution in [-0.4, -0.2) is 68.0 Å². The zero-order valence-electron chi connectivity index (χ0n) is 30.8. The van der Waals surface area contributed by atoms with Gasteiger partial charge in [0, 0.05) is 41.3 Å². The first-order chi connectivity index (χ1) is 23.4. The lowest BCUT2D eigenvalue weighted by molar-refractivity contribution is -0.132. The number of aromatic amines is 1. The van der Waals surface area contributed by atoms with Crippen LogP contribution < -0.4 is 16.0 Å². The van der Waals surface area contributed by atoms with Crippen LogP contribution in [0.2, 0.25) is 0 Å². The van der Waals surface area contributed by atoms with E-state index >= 15 is 0 Å². The van der Waals surface area contributed by atoms with Gasteiger partial charge >= 0.3 is 0 Å². The smallest absolute Gasteiger partial charge is 0.243 e. The predicted molar refractivity (Wildman–Crippen MR) is 200 cm³/mol. The topological polar surface area (TPSA) is 136 Å². The van der Waals surface area contributed by atoms with Gasteiger partial charge in [-0.2, -0.15) is 11.8 Å². The van der Waals surface area contributed by atoms with Crippen molar-refractivity contribution in [3.63, 3.8) is 0 Å². The maximum Gasteiger partial charge on any atom is 0.243 e. The number of aliphatic hydroxyl groups excluding tert-OH is 1. The number of aliphatic hydroxyl groups is 1. The standard InChI is InChI=1S/C39H63N5O4S/c1-7-8-19-41-37(47)32(27(2)3)23-35(45)33(21-29-17-13-10-14-18-29)43-38(48)34(22-31-24-40-26-42-31)44-36(46)30(25-49-39(4,5)6)20-28-15-11-9-12-16-28/h9,11-12,15-16,24,26-27,29-30,32-35,45H,7-8,10,13-14,17-23,25H2,1-6H3,(H,40,42)(H,41,47)(H,43,48)(H,44,46)/t30-,32+,33+,34+,35?/m1/s1. The van der Waals surface area contributed by atoms with E-state index in [4.69, 9.17) is 0 Å². The van der Waals surface area contributed by atoms with Gasteiger partial charge < -0.3 is 26.0 Å². The molecule has 1 fully saturated rings. The number of nitrogens with zero attached hydrogens (tertiary/aromatic N) is 1. The molecule has 1 aromatic carbocycles. The van der Waals surface area contributed by atoms with E-state index < -0.39 is 18.2 Å². The summed E-state index contributed by atoms with van der Waals surface area (Å²) in [6.07, 6.45) is 11.5. The molecule has 3 amide bonds. The second-order valence-electron chi connectivity index (χ2n) is 15.3. The Balaban J connectivity index is 1.83. The Morgan fingerprint density at radius 1 is 1.00 bits per heavy atom. The van der Waals surface area contributed by atoms with Crippen molar-refractivity contribution in [1.82, 2.24) is 25.9 Å². The molecule has 1 unspecified atom stereocenters. The van der Waals surface area contributed by atoms with Gasteiger partial charge in [0.2, 0.25) is 17.7 Å². The minimum absolute atomic E-state index is 0.0227. The highest BCUT2D eigenvalue weighted by atomic mass is 32.2. The third-order valence-corrected chi connectivity index (χ3v) is 11.0. The summed E-state index contributed by atoms with van der Waals surface area (Å²) in [4.78, 5) is 48.7. The van der Waals surface area contributed by atoms with E-state index in [1.807, 2.05) is 44.2 Å². The maximum absolute atomic E-state index is 14.2. The number of rotatable bonds is 20. The molecule has 9 nitrogen and oxygen atoms in total. The number of unbranched alkanes of at least 4 members (excludes halogenated alkanes) is 1. The van der Waals surface area contributed by atoms with Crippen LogP contribution in [-0.2, 0) is 27.2 Å². The molecule has 1 saturated carbocycles. The highest BCUT2D eigenvalue weighted by Crippen LogP contribution is 2.30. The molecular formula is C39H63N5O4S. The Morgan fingerprint density at radius 2 is 1.71 bits per heavy atom. The minimum atomic E-state index is -0.910. The summed E-state index contributed by atoms with van der Waals surface area (Å²) in [5.74, 6) is -0.249. The molecule has 10 heteroatoms. The Kier molecular flexibility index (Phi) is 17.2. The fourth-order valence-electron chi connectivity index (χ4n) is 6.59. The lowest BCUT2D eigenvalue weighted by Gasteiger charge is -2.33. The fraction of sp³-hybridized carbons (Fsp3) is 0.692. The van der Waals surface area contributed by atoms with E-state index in [0.717, 1.165) is 49.8 Å². The maximum atomic E-state index is 14.2. The number of amides is 3. The highest BCUT2D eigenvalue weighted by Gasteiger charge is 2.34. The number of nitrogens with one attached hydrogen (secondary N) is 4. The van der Waals surface area contributed by atoms with Crippen LogP contribution in [0.5, 0.6) is 0 Å². The molecular weight excluding hydrogens is 635 g/mol. The largest absolute Gasteiger partial charge is 0.391 e. The molecule has 5 N–H and O–H groups in total. The van der Waals surface area contributed by atoms with Crippen LogP contribution in [0.15, 0.2) is 42.9 Å². The van der Waals surface area contributed by atoms with Gasteiger partial charge in [-0.25, -0.2) is 4.98 Å². The van der Waals surface area contributed by atoms with E-state index in [2.05, 4.69) is 53.6 Å². The average Bonchev–Trinajstić information content (AvgIpc) is 3.58. The van der Waals surface area contributed by atoms with Crippen LogP contribution in [0.25, 0.3) is 0 Å². The SMILES string of the molecule is CCCCNC(=O)[C@@H](CC(O)[C@H](CC1CCCCC1)NC(=O)[C@H](Cc1cnc[nH]1)NC(=O)[C@@H](CSC(C)(C)C)Cc1ccccc1)C(C)C. The monoisotopic (exact) mass is 697 g/mol. The van der Waals surface area contributed by atoms with Crippen LogP contribution in [0.4, 0.5) is 0 Å². The van der Waals surface area contributed by atoms with Crippen molar-refractivity contribution in [3.8, 4) is 0 Å². The predicted octanol–water partition coefficient (Wildman–Crippen LogP) is 6.22. The van der Waals surface area contributed by atoms with Crippen molar-refractivity contribution in [2.75, 3.05) is 12.3 Å². The lowest BCUT2D eigenvalue weighted by Crippen LogP contribution is -2.55. The first kappa shape index (κ1) is 40.6. The van der Waals surface area contributed by atoms with Gasteiger partial charge in [-0.1, -0.05) is 110 Å². The van der Waals surface area contributed by atoms with Crippen LogP contribution in [0.1, 0.15) is 111 Å². The summed E-state index contributed by atoms with van der Waals surface area (Å²) in [5.41, 5.74) is 1.80. The van der Waals surface area contributed by atoms with Crippen molar-refractivity contribution >= 4 is 29.5 Å². The number of carbonyl (C=O) groups excluding carboxylic acids is 3. The second-order valence-corrected chi connectivity index (χ2v) is 17.2. The van der Waals surface area contributed by atoms with E-state index in [1.165, 1.54) is 6.42 Å². The molecule has 1 heterocycles. The van der Waals surface area contributed by atoms with E-state index in [9.17, 15) is 19.5 Å². The number of thioether (sulfide) groups is 1. The van der Waals surface area contributed by atoms with Gasteiger partial charge in [0.15, 0.2) is 0 Å². The Bertz CT molecular complexity index is 1240. The van der Waals surface area contributed by atoms with E-state index in [-0.39, 0.29) is 53.1 Å². The van der Waals surface area contributed by atoms with Crippen molar-refractivity contribution < 1.29 is 19.5 Å². The number of aromatic nitrogens is 2. The molecule has 1 aromatic heterocycles. The number of imidazole rings is 1. The van der Waals surface area contributed by atoms with E-state index in [0.29, 0.717) is 31.1 Å². The van der Waals surface area contributed by atoms with Crippen molar-refractivity contribution in [2.45, 2.75) is 135 Å². The summed E-state index contributed by atoms with van der Waals surface area (Å²) < 4.78 is -0.0227. The van der Waals surface area contributed by atoms with Gasteiger partial charge in [0.25, 0.3) is 0 Å². The molecule has 0 saturated heterocycles. The molecule has 0 aliphatic heterocycles. The molecule has 0 bridgehead atoms. The molecule has 2 aromatic rings. The third-order valence-electron chi connectivity index (χ3n) is 9.60. The van der Waals surface area contributed by atoms with Crippen molar-refractivity contribution in [2.24, 2.45) is 23.7 Å². The highest BCUT2D eigenvalue weighted by molar-refractivity contribution is 8.00. The second kappa shape index (κ2) is 20.7. The normalized spacial score (nSPS) is 17.1. The number of hydrogen-bond acceptors (Lipinski definition) is 6. The molecule has 0 spiro atoms. The van der Waals surface area contributed by atoms with Gasteiger partial charge in [0.05, 0.1) is 24.4 Å². The molecule has 0 radical (unpaired) electrons. The quantitative estimate of drug-likeness (QED) is 0.104. The third kappa shape index (κ3) is 14.9. The van der Waals surface area contributed by atoms with Crippen LogP contribution in [0.3, 0.4) is 0 Å². The summed E-state index contributed by atoms with van der Waals surface area (Å²) in [7, 11) is 0. The van der Waals surface area contributed by atoms with Crippen LogP contribution >= 0.6 is 11.8 Å². The number of hydrogen-bond donors (Lipinski definition) is 5. The summed E-state index contributed by atoms with van der Waals surface area (Å²) >= 11 is 1.74. The first-order valence-electron chi connectivity index (χ1n) is 18.6. The summed E-state index contributed by atoms with van der Waals surface area (Å²) in [6.45, 7) is 13.1. The van der Waals surface area contributed by atoms with Crippen LogP contribution in [0, 0.1) is 23.7 Å². The van der Waals surface area contributed by atoms with Gasteiger partial charge in [-0.15, -0.1) is 0 Å². The number of H-pyrrole nitrogens is 1. The zero-order chi connectivity index (χ0) is 35.8. The Morgan fingerprint density at radius 3 is 2.33 bits per heavy atom. The van der Waals surface area contributed by atoms with Crippen molar-refractivity contribution in [3.05, 3.63) is 54.1 Å². The average molecular weight is 698 g/mol. The van der Waals surface area contributed by atoms with Crippen molar-refractivity contribution in [1.29, 1.82) is 0 Å². The zero-order valence-corrected chi connectivity index (χ0v) is 31.6. The number of benzene rings is 1. The fourth-order valence-corrected chi connectivity index (χ4v) is 7.57.